The molecule has 7 heteroatoms. The summed E-state index contributed by atoms with van der Waals surface area (Å²) in [5, 5.41) is 2.85. The van der Waals surface area contributed by atoms with Gasteiger partial charge in [-0.2, -0.15) is 0 Å². The van der Waals surface area contributed by atoms with Crippen LogP contribution in [0.3, 0.4) is 0 Å². The van der Waals surface area contributed by atoms with E-state index >= 15 is 0 Å². The highest BCUT2D eigenvalue weighted by molar-refractivity contribution is 5.99. The Balaban J connectivity index is 1.62. The molecular weight excluding hydrogens is 452 g/mol. The first kappa shape index (κ1) is 25.4. The predicted molar refractivity (Wildman–Crippen MR) is 140 cm³/mol. The number of amides is 2. The number of nitrogens with zero attached hydrogens (tertiary/aromatic N) is 3. The molecule has 0 unspecified atom stereocenters. The molecule has 0 bridgehead atoms. The first-order valence-electron chi connectivity index (χ1n) is 12.7. The Morgan fingerprint density at radius 3 is 2.56 bits per heavy atom. The third-order valence-corrected chi connectivity index (χ3v) is 6.84. The van der Waals surface area contributed by atoms with Gasteiger partial charge < -0.3 is 14.8 Å². The molecule has 4 rings (SSSR count). The number of aromatic nitrogens is 2. The fourth-order valence-electron chi connectivity index (χ4n) is 4.69. The van der Waals surface area contributed by atoms with Crippen LogP contribution in [0.25, 0.3) is 0 Å². The van der Waals surface area contributed by atoms with E-state index in [1.807, 2.05) is 54.3 Å². The molecule has 2 amide bonds. The molecule has 1 fully saturated rings. The fraction of sp³-hybridized carbons (Fsp3) is 0.379. The second kappa shape index (κ2) is 11.8. The van der Waals surface area contributed by atoms with Gasteiger partial charge >= 0.3 is 0 Å². The predicted octanol–water partition coefficient (Wildman–Crippen LogP) is 4.13. The quantitative estimate of drug-likeness (QED) is 0.519. The number of hydrogen-bond acceptors (Lipinski definition) is 4. The summed E-state index contributed by atoms with van der Waals surface area (Å²) in [6.45, 7) is 5.50. The summed E-state index contributed by atoms with van der Waals surface area (Å²) in [5.41, 5.74) is 2.50. The molecule has 0 saturated carbocycles. The van der Waals surface area contributed by atoms with E-state index in [1.165, 1.54) is 0 Å². The van der Waals surface area contributed by atoms with Crippen LogP contribution in [-0.2, 0) is 19.5 Å². The van der Waals surface area contributed by atoms with Gasteiger partial charge in [0.05, 0.1) is 0 Å². The number of carbonyl (C=O) groups is 2. The minimum atomic E-state index is -0.518. The number of piperidine rings is 1. The molecule has 1 saturated heterocycles. The highest BCUT2D eigenvalue weighted by atomic mass is 16.2. The van der Waals surface area contributed by atoms with Gasteiger partial charge in [-0.1, -0.05) is 42.8 Å². The van der Waals surface area contributed by atoms with Crippen LogP contribution in [0.15, 0.2) is 65.8 Å². The smallest absolute Gasteiger partial charge is 0.259 e. The first-order chi connectivity index (χ1) is 17.5. The zero-order chi connectivity index (χ0) is 25.5. The Hall–Kier alpha value is -3.74. The van der Waals surface area contributed by atoms with Gasteiger partial charge in [-0.15, -0.1) is 0 Å². The van der Waals surface area contributed by atoms with E-state index in [2.05, 4.69) is 17.2 Å². The Kier molecular flexibility index (Phi) is 8.31. The lowest BCUT2D eigenvalue weighted by molar-refractivity contribution is 0.0605. The van der Waals surface area contributed by atoms with Crippen LogP contribution >= 0.6 is 0 Å². The zero-order valence-corrected chi connectivity index (χ0v) is 21.1. The maximum atomic E-state index is 13.6. The maximum absolute atomic E-state index is 13.6. The lowest BCUT2D eigenvalue weighted by atomic mass is 9.98. The average molecular weight is 487 g/mol. The molecule has 1 aromatic carbocycles. The molecule has 2 aromatic heterocycles. The topological polar surface area (TPSA) is 84.3 Å². The number of benzene rings is 1. The van der Waals surface area contributed by atoms with Crippen molar-refractivity contribution in [3.05, 3.63) is 99.2 Å². The van der Waals surface area contributed by atoms with E-state index in [-0.39, 0.29) is 23.1 Å². The molecule has 0 radical (unpaired) electrons. The molecular formula is C29H34N4O3. The standard InChI is InChI=1S/C29H34N4O3/c1-3-24-9-5-7-16-33(24)29(36)26-20-32(17-14-23-8-4-6-15-30-23)19-25(27(26)34)28(35)31-18-22-12-10-21(2)11-13-22/h4,6,8,10-13,15,19-20,24H,3,5,7,9,14,16-18H2,1-2H3,(H,31,35)/t24-/m0/s1. The summed E-state index contributed by atoms with van der Waals surface area (Å²) in [4.78, 5) is 46.3. The average Bonchev–Trinajstić information content (AvgIpc) is 2.92. The van der Waals surface area contributed by atoms with Crippen molar-refractivity contribution in [2.24, 2.45) is 0 Å². The molecule has 1 aliphatic rings. The summed E-state index contributed by atoms with van der Waals surface area (Å²) in [6, 6.07) is 13.7. The number of pyridine rings is 2. The van der Waals surface area contributed by atoms with E-state index in [1.54, 1.807) is 23.2 Å². The summed E-state index contributed by atoms with van der Waals surface area (Å²) < 4.78 is 1.77. The van der Waals surface area contributed by atoms with Gasteiger partial charge in [0.25, 0.3) is 11.8 Å². The summed E-state index contributed by atoms with van der Waals surface area (Å²) >= 11 is 0. The second-order valence-corrected chi connectivity index (χ2v) is 9.45. The van der Waals surface area contributed by atoms with Crippen molar-refractivity contribution in [3.8, 4) is 0 Å². The van der Waals surface area contributed by atoms with Crippen molar-refractivity contribution in [1.29, 1.82) is 0 Å². The van der Waals surface area contributed by atoms with Crippen LogP contribution < -0.4 is 10.7 Å². The monoisotopic (exact) mass is 486 g/mol. The molecule has 1 aliphatic heterocycles. The fourth-order valence-corrected chi connectivity index (χ4v) is 4.69. The Morgan fingerprint density at radius 2 is 1.83 bits per heavy atom. The number of likely N-dealkylation sites (tertiary alicyclic amines) is 1. The van der Waals surface area contributed by atoms with Crippen LogP contribution in [0.1, 0.15) is 70.1 Å². The SMILES string of the molecule is CC[C@H]1CCCCN1C(=O)c1cn(CCc2ccccn2)cc(C(=O)NCc2ccc(C)cc2)c1=O. The van der Waals surface area contributed by atoms with Gasteiger partial charge in [-0.05, 0) is 50.3 Å². The normalized spacial score (nSPS) is 15.5. The van der Waals surface area contributed by atoms with Crippen molar-refractivity contribution in [1.82, 2.24) is 19.8 Å². The third-order valence-electron chi connectivity index (χ3n) is 6.84. The van der Waals surface area contributed by atoms with Gasteiger partial charge in [0.2, 0.25) is 5.43 Å². The number of nitrogens with one attached hydrogen (secondary N) is 1. The second-order valence-electron chi connectivity index (χ2n) is 9.45. The molecule has 188 valence electrons. The van der Waals surface area contributed by atoms with Crippen LogP contribution in [0.4, 0.5) is 0 Å². The summed E-state index contributed by atoms with van der Waals surface area (Å²) in [6.07, 6.45) is 9.30. The molecule has 1 atom stereocenters. The van der Waals surface area contributed by atoms with Crippen molar-refractivity contribution < 1.29 is 9.59 Å². The summed E-state index contributed by atoms with van der Waals surface area (Å²) in [7, 11) is 0. The number of rotatable bonds is 8. The largest absolute Gasteiger partial charge is 0.352 e. The minimum Gasteiger partial charge on any atom is -0.352 e. The van der Waals surface area contributed by atoms with Crippen LogP contribution in [0.5, 0.6) is 0 Å². The van der Waals surface area contributed by atoms with Gasteiger partial charge in [-0.25, -0.2) is 0 Å². The van der Waals surface area contributed by atoms with Crippen molar-refractivity contribution in [3.63, 3.8) is 0 Å². The molecule has 7 nitrogen and oxygen atoms in total. The Bertz CT molecular complexity index is 1250. The van der Waals surface area contributed by atoms with E-state index in [9.17, 15) is 14.4 Å². The third kappa shape index (κ3) is 6.08. The highest BCUT2D eigenvalue weighted by Crippen LogP contribution is 2.21. The van der Waals surface area contributed by atoms with E-state index in [4.69, 9.17) is 0 Å². The molecule has 0 aliphatic carbocycles. The van der Waals surface area contributed by atoms with Gasteiger partial charge in [0, 0.05) is 56.4 Å². The molecule has 3 aromatic rings. The molecule has 1 N–H and O–H groups in total. The van der Waals surface area contributed by atoms with Crippen LogP contribution in [-0.4, -0.2) is 38.9 Å². The van der Waals surface area contributed by atoms with E-state index < -0.39 is 11.3 Å². The Labute approximate surface area is 212 Å². The van der Waals surface area contributed by atoms with Crippen molar-refractivity contribution >= 4 is 11.8 Å². The van der Waals surface area contributed by atoms with E-state index in [0.29, 0.717) is 26.1 Å². The van der Waals surface area contributed by atoms with Gasteiger partial charge in [0.15, 0.2) is 0 Å². The van der Waals surface area contributed by atoms with Crippen LogP contribution in [0, 0.1) is 6.92 Å². The number of aryl methyl sites for hydroxylation is 3. The highest BCUT2D eigenvalue weighted by Gasteiger charge is 2.29. The lowest BCUT2D eigenvalue weighted by Crippen LogP contribution is -2.45. The van der Waals surface area contributed by atoms with E-state index in [0.717, 1.165) is 42.5 Å². The number of carbonyl (C=O) groups excluding carboxylic acids is 2. The summed E-state index contributed by atoms with van der Waals surface area (Å²) in [5.74, 6) is -0.765. The van der Waals surface area contributed by atoms with Crippen molar-refractivity contribution in [2.75, 3.05) is 6.54 Å². The molecule has 36 heavy (non-hydrogen) atoms. The maximum Gasteiger partial charge on any atom is 0.259 e. The lowest BCUT2D eigenvalue weighted by Gasteiger charge is -2.35. The Morgan fingerprint density at radius 1 is 1.06 bits per heavy atom. The van der Waals surface area contributed by atoms with Gasteiger partial charge in [-0.3, -0.25) is 19.4 Å². The molecule has 3 heterocycles. The zero-order valence-electron chi connectivity index (χ0n) is 21.1. The van der Waals surface area contributed by atoms with Crippen LogP contribution in [0.2, 0.25) is 0 Å². The molecule has 0 spiro atoms. The number of hydrogen-bond donors (Lipinski definition) is 1. The minimum absolute atomic E-state index is 0.0148. The first-order valence-corrected chi connectivity index (χ1v) is 12.7. The van der Waals surface area contributed by atoms with Crippen molar-refractivity contribution in [2.45, 2.75) is 65.1 Å². The van der Waals surface area contributed by atoms with Gasteiger partial charge in [0.1, 0.15) is 11.1 Å².